The second-order valence-electron chi connectivity index (χ2n) is 4.61. The Hall–Kier alpha value is -1.36. The molecule has 1 aliphatic carbocycles. The van der Waals surface area contributed by atoms with Crippen molar-refractivity contribution in [3.63, 3.8) is 0 Å². The van der Waals surface area contributed by atoms with Crippen LogP contribution in [-0.2, 0) is 11.3 Å². The highest BCUT2D eigenvalue weighted by Crippen LogP contribution is 2.24. The lowest BCUT2D eigenvalue weighted by atomic mass is 10.1. The molecule has 1 heterocycles. The molecule has 1 aromatic rings. The van der Waals surface area contributed by atoms with Crippen molar-refractivity contribution in [1.29, 1.82) is 0 Å². The molecular weight excluding hydrogens is 218 g/mol. The molecule has 1 saturated carbocycles. The van der Waals surface area contributed by atoms with E-state index in [9.17, 15) is 9.90 Å². The van der Waals surface area contributed by atoms with E-state index in [2.05, 4.69) is 10.3 Å². The Labute approximate surface area is 101 Å². The van der Waals surface area contributed by atoms with E-state index in [0.717, 1.165) is 19.3 Å². The van der Waals surface area contributed by atoms with Crippen molar-refractivity contribution in [1.82, 2.24) is 14.9 Å². The third-order valence-electron chi connectivity index (χ3n) is 3.34. The molecule has 2 atom stereocenters. The number of aromatic nitrogens is 2. The largest absolute Gasteiger partial charge is 0.393 e. The van der Waals surface area contributed by atoms with Crippen LogP contribution >= 0.6 is 0 Å². The first kappa shape index (κ1) is 12.1. The summed E-state index contributed by atoms with van der Waals surface area (Å²) in [6.45, 7) is 1.25. The van der Waals surface area contributed by atoms with Crippen LogP contribution in [0.3, 0.4) is 0 Å². The Morgan fingerprint density at radius 3 is 3.06 bits per heavy atom. The maximum absolute atomic E-state index is 11.6. The number of aryl methyl sites for hydroxylation is 1. The van der Waals surface area contributed by atoms with Gasteiger partial charge in [0, 0.05) is 37.8 Å². The molecule has 2 N–H and O–H groups in total. The quantitative estimate of drug-likeness (QED) is 0.786. The van der Waals surface area contributed by atoms with Crippen LogP contribution in [0.2, 0.25) is 0 Å². The molecule has 0 aromatic carbocycles. The number of aliphatic hydroxyl groups is 1. The van der Waals surface area contributed by atoms with E-state index in [4.69, 9.17) is 0 Å². The molecular formula is C12H19N3O2. The minimum atomic E-state index is -0.232. The Bertz CT molecular complexity index is 351. The van der Waals surface area contributed by atoms with Gasteiger partial charge in [0.25, 0.3) is 0 Å². The molecule has 17 heavy (non-hydrogen) atoms. The number of hydrogen-bond acceptors (Lipinski definition) is 3. The van der Waals surface area contributed by atoms with Gasteiger partial charge in [-0.1, -0.05) is 6.42 Å². The van der Waals surface area contributed by atoms with Crippen LogP contribution in [0.4, 0.5) is 0 Å². The topological polar surface area (TPSA) is 67.2 Å². The van der Waals surface area contributed by atoms with Gasteiger partial charge >= 0.3 is 0 Å². The molecule has 5 heteroatoms. The predicted octanol–water partition coefficient (Wildman–Crippen LogP) is 0.550. The highest BCUT2D eigenvalue weighted by molar-refractivity contribution is 5.75. The summed E-state index contributed by atoms with van der Waals surface area (Å²) >= 11 is 0. The lowest BCUT2D eigenvalue weighted by Crippen LogP contribution is -2.32. The number of aliphatic hydroxyl groups excluding tert-OH is 1. The van der Waals surface area contributed by atoms with Crippen molar-refractivity contribution in [3.05, 3.63) is 18.7 Å². The van der Waals surface area contributed by atoms with Gasteiger partial charge in [-0.3, -0.25) is 4.79 Å². The van der Waals surface area contributed by atoms with Crippen LogP contribution in [-0.4, -0.2) is 33.2 Å². The standard InChI is InChI=1S/C12H19N3O2/c16-11-3-1-2-10(11)8-14-12(17)4-6-15-7-5-13-9-15/h5,7,9-11,16H,1-4,6,8H2,(H,14,17). The average molecular weight is 237 g/mol. The fraction of sp³-hybridized carbons (Fsp3) is 0.667. The maximum Gasteiger partial charge on any atom is 0.221 e. The lowest BCUT2D eigenvalue weighted by molar-refractivity contribution is -0.121. The van der Waals surface area contributed by atoms with Crippen LogP contribution in [0, 0.1) is 5.92 Å². The van der Waals surface area contributed by atoms with Crippen molar-refractivity contribution in [2.75, 3.05) is 6.54 Å². The van der Waals surface area contributed by atoms with E-state index >= 15 is 0 Å². The van der Waals surface area contributed by atoms with Crippen LogP contribution in [0.5, 0.6) is 0 Å². The van der Waals surface area contributed by atoms with Gasteiger partial charge in [0.1, 0.15) is 0 Å². The molecule has 0 aliphatic heterocycles. The zero-order valence-corrected chi connectivity index (χ0v) is 9.88. The molecule has 0 spiro atoms. The number of imidazole rings is 1. The molecule has 1 aromatic heterocycles. The van der Waals surface area contributed by atoms with Gasteiger partial charge in [-0.25, -0.2) is 4.98 Å². The predicted molar refractivity (Wildman–Crippen MR) is 63.2 cm³/mol. The molecule has 0 radical (unpaired) electrons. The Balaban J connectivity index is 1.64. The van der Waals surface area contributed by atoms with Gasteiger partial charge in [-0.15, -0.1) is 0 Å². The summed E-state index contributed by atoms with van der Waals surface area (Å²) in [5, 5.41) is 12.5. The zero-order valence-electron chi connectivity index (χ0n) is 9.88. The first-order valence-corrected chi connectivity index (χ1v) is 6.16. The molecule has 0 bridgehead atoms. The summed E-state index contributed by atoms with van der Waals surface area (Å²) in [4.78, 5) is 15.5. The highest BCUT2D eigenvalue weighted by Gasteiger charge is 2.25. The number of nitrogens with zero attached hydrogens (tertiary/aromatic N) is 2. The van der Waals surface area contributed by atoms with E-state index in [-0.39, 0.29) is 17.9 Å². The number of carbonyl (C=O) groups excluding carboxylic acids is 1. The summed E-state index contributed by atoms with van der Waals surface area (Å²) in [6, 6.07) is 0. The third kappa shape index (κ3) is 3.56. The van der Waals surface area contributed by atoms with Gasteiger partial charge in [0.15, 0.2) is 0 Å². The van der Waals surface area contributed by atoms with Gasteiger partial charge in [0.05, 0.1) is 12.4 Å². The Morgan fingerprint density at radius 1 is 1.53 bits per heavy atom. The fourth-order valence-corrected chi connectivity index (χ4v) is 2.24. The Morgan fingerprint density at radius 2 is 2.41 bits per heavy atom. The number of rotatable bonds is 5. The minimum absolute atomic E-state index is 0.0396. The SMILES string of the molecule is O=C(CCn1ccnc1)NCC1CCCC1O. The van der Waals surface area contributed by atoms with Crippen molar-refractivity contribution in [3.8, 4) is 0 Å². The van der Waals surface area contributed by atoms with Crippen LogP contribution in [0.15, 0.2) is 18.7 Å². The monoisotopic (exact) mass is 237 g/mol. The normalized spacial score (nSPS) is 23.8. The second-order valence-corrected chi connectivity index (χ2v) is 4.61. The lowest BCUT2D eigenvalue weighted by Gasteiger charge is -2.15. The first-order valence-electron chi connectivity index (χ1n) is 6.16. The van der Waals surface area contributed by atoms with E-state index in [1.165, 1.54) is 0 Å². The van der Waals surface area contributed by atoms with Crippen molar-refractivity contribution >= 4 is 5.91 Å². The number of amides is 1. The molecule has 1 aliphatic rings. The number of nitrogens with one attached hydrogen (secondary N) is 1. The van der Waals surface area contributed by atoms with E-state index in [1.807, 2.05) is 10.8 Å². The number of hydrogen-bond donors (Lipinski definition) is 2. The van der Waals surface area contributed by atoms with Crippen LogP contribution in [0.25, 0.3) is 0 Å². The van der Waals surface area contributed by atoms with Crippen molar-refractivity contribution in [2.24, 2.45) is 5.92 Å². The first-order chi connectivity index (χ1) is 8.25. The Kier molecular flexibility index (Phi) is 4.14. The van der Waals surface area contributed by atoms with Gasteiger partial charge in [0.2, 0.25) is 5.91 Å². The summed E-state index contributed by atoms with van der Waals surface area (Å²) in [7, 11) is 0. The van der Waals surface area contributed by atoms with Crippen LogP contribution in [0.1, 0.15) is 25.7 Å². The maximum atomic E-state index is 11.6. The molecule has 1 fully saturated rings. The average Bonchev–Trinajstić information content (AvgIpc) is 2.95. The molecule has 5 nitrogen and oxygen atoms in total. The third-order valence-corrected chi connectivity index (χ3v) is 3.34. The van der Waals surface area contributed by atoms with E-state index in [1.54, 1.807) is 12.5 Å². The summed E-state index contributed by atoms with van der Waals surface area (Å²) in [5.74, 6) is 0.282. The van der Waals surface area contributed by atoms with Crippen molar-refractivity contribution < 1.29 is 9.90 Å². The van der Waals surface area contributed by atoms with Gasteiger partial charge in [-0.05, 0) is 12.8 Å². The number of carbonyl (C=O) groups is 1. The summed E-state index contributed by atoms with van der Waals surface area (Å²) < 4.78 is 1.88. The van der Waals surface area contributed by atoms with Crippen LogP contribution < -0.4 is 5.32 Å². The molecule has 2 unspecified atom stereocenters. The molecule has 1 amide bonds. The fourth-order valence-electron chi connectivity index (χ4n) is 2.24. The molecule has 2 rings (SSSR count). The summed E-state index contributed by atoms with van der Waals surface area (Å²) in [5.41, 5.74) is 0. The van der Waals surface area contributed by atoms with Gasteiger partial charge < -0.3 is 15.0 Å². The summed E-state index contributed by atoms with van der Waals surface area (Å²) in [6.07, 6.45) is 8.42. The van der Waals surface area contributed by atoms with Crippen molar-refractivity contribution in [2.45, 2.75) is 38.3 Å². The smallest absolute Gasteiger partial charge is 0.221 e. The highest BCUT2D eigenvalue weighted by atomic mass is 16.3. The van der Waals surface area contributed by atoms with Gasteiger partial charge in [-0.2, -0.15) is 0 Å². The molecule has 94 valence electrons. The minimum Gasteiger partial charge on any atom is -0.393 e. The second kappa shape index (κ2) is 5.82. The molecule has 0 saturated heterocycles. The zero-order chi connectivity index (χ0) is 12.1. The van der Waals surface area contributed by atoms with E-state index < -0.39 is 0 Å². The van der Waals surface area contributed by atoms with E-state index in [0.29, 0.717) is 19.5 Å².